The highest BCUT2D eigenvalue weighted by molar-refractivity contribution is 7.89. The molecule has 0 aliphatic carbocycles. The van der Waals surface area contributed by atoms with Crippen LogP contribution in [0, 0.1) is 18.8 Å². The molecule has 116 valence electrons. The molecule has 6 nitrogen and oxygen atoms in total. The molecule has 1 atom stereocenters. The van der Waals surface area contributed by atoms with Crippen molar-refractivity contribution < 1.29 is 8.42 Å². The molecule has 0 bridgehead atoms. The van der Waals surface area contributed by atoms with Crippen molar-refractivity contribution in [3.8, 4) is 0 Å². The van der Waals surface area contributed by atoms with Crippen LogP contribution in [-0.4, -0.2) is 31.7 Å². The van der Waals surface area contributed by atoms with Crippen molar-refractivity contribution in [1.82, 2.24) is 20.2 Å². The van der Waals surface area contributed by atoms with Gasteiger partial charge in [0.15, 0.2) is 5.03 Å². The Balaban J connectivity index is 2.87. The van der Waals surface area contributed by atoms with Gasteiger partial charge in [-0.3, -0.25) is 5.10 Å². The predicted molar refractivity (Wildman–Crippen MR) is 79.9 cm³/mol. The largest absolute Gasteiger partial charge is 0.313 e. The van der Waals surface area contributed by atoms with Gasteiger partial charge in [-0.05, 0) is 25.3 Å². The molecule has 0 saturated carbocycles. The number of nitrogens with one attached hydrogen (secondary N) is 3. The van der Waals surface area contributed by atoms with Gasteiger partial charge < -0.3 is 5.32 Å². The van der Waals surface area contributed by atoms with E-state index in [1.54, 1.807) is 0 Å². The van der Waals surface area contributed by atoms with Gasteiger partial charge in [0.25, 0.3) is 10.0 Å². The number of sulfonamides is 1. The maximum absolute atomic E-state index is 12.3. The summed E-state index contributed by atoms with van der Waals surface area (Å²) in [4.78, 5) is 0. The van der Waals surface area contributed by atoms with E-state index in [0.29, 0.717) is 24.6 Å². The first-order valence-electron chi connectivity index (χ1n) is 7.03. The van der Waals surface area contributed by atoms with E-state index in [2.05, 4.69) is 34.1 Å². The summed E-state index contributed by atoms with van der Waals surface area (Å²) >= 11 is 0. The molecule has 1 aromatic rings. The first-order valence-corrected chi connectivity index (χ1v) is 8.52. The van der Waals surface area contributed by atoms with Crippen molar-refractivity contribution in [3.05, 3.63) is 11.3 Å². The molecular formula is C13H26N4O2S. The number of aryl methyl sites for hydroxylation is 1. The van der Waals surface area contributed by atoms with Crippen molar-refractivity contribution in [1.29, 1.82) is 0 Å². The Morgan fingerprint density at radius 1 is 1.30 bits per heavy atom. The third-order valence-electron chi connectivity index (χ3n) is 3.58. The minimum Gasteiger partial charge on any atom is -0.313 e. The monoisotopic (exact) mass is 302 g/mol. The quantitative estimate of drug-likeness (QED) is 0.677. The molecule has 20 heavy (non-hydrogen) atoms. The first kappa shape index (κ1) is 17.1. The topological polar surface area (TPSA) is 86.9 Å². The molecule has 1 heterocycles. The van der Waals surface area contributed by atoms with Gasteiger partial charge in [0.05, 0.1) is 0 Å². The third kappa shape index (κ3) is 4.29. The van der Waals surface area contributed by atoms with Crippen LogP contribution < -0.4 is 10.0 Å². The summed E-state index contributed by atoms with van der Waals surface area (Å²) in [7, 11) is -3.56. The predicted octanol–water partition coefficient (Wildman–Crippen LogP) is 1.40. The lowest BCUT2D eigenvalue weighted by Gasteiger charge is -2.16. The Kier molecular flexibility index (Phi) is 6.16. The number of rotatable bonds is 8. The number of nitrogens with zero attached hydrogens (tertiary/aromatic N) is 1. The molecular weight excluding hydrogens is 276 g/mol. The summed E-state index contributed by atoms with van der Waals surface area (Å²) in [5.74, 6) is 0.710. The van der Waals surface area contributed by atoms with E-state index in [0.717, 1.165) is 12.2 Å². The molecule has 0 amide bonds. The van der Waals surface area contributed by atoms with Gasteiger partial charge in [0.2, 0.25) is 0 Å². The number of hydrogen-bond acceptors (Lipinski definition) is 4. The van der Waals surface area contributed by atoms with Gasteiger partial charge in [0.1, 0.15) is 0 Å². The van der Waals surface area contributed by atoms with Crippen molar-refractivity contribution in [2.45, 2.75) is 46.2 Å². The molecule has 0 spiro atoms. The van der Waals surface area contributed by atoms with E-state index in [4.69, 9.17) is 0 Å². The van der Waals surface area contributed by atoms with Crippen LogP contribution in [0.25, 0.3) is 0 Å². The van der Waals surface area contributed by atoms with Crippen LogP contribution in [0.1, 0.15) is 39.0 Å². The van der Waals surface area contributed by atoms with Gasteiger partial charge >= 0.3 is 0 Å². The Morgan fingerprint density at radius 3 is 2.50 bits per heavy atom. The SMILES string of the molecule is CCNCc1c(S(=O)(=O)NCC(C)C(C)C)n[nH]c1C. The van der Waals surface area contributed by atoms with E-state index in [-0.39, 0.29) is 10.9 Å². The molecule has 0 fully saturated rings. The number of hydrogen-bond donors (Lipinski definition) is 3. The average molecular weight is 302 g/mol. The standard InChI is InChI=1S/C13H26N4O2S/c1-6-14-8-12-11(5)16-17-13(12)20(18,19)15-7-10(4)9(2)3/h9-10,14-15H,6-8H2,1-5H3,(H,16,17). The fraction of sp³-hybridized carbons (Fsp3) is 0.769. The number of H-pyrrole nitrogens is 1. The summed E-state index contributed by atoms with van der Waals surface area (Å²) in [6, 6.07) is 0. The average Bonchev–Trinajstić information content (AvgIpc) is 2.75. The lowest BCUT2D eigenvalue weighted by Crippen LogP contribution is -2.31. The second-order valence-electron chi connectivity index (χ2n) is 5.49. The van der Waals surface area contributed by atoms with Crippen LogP contribution in [0.4, 0.5) is 0 Å². The maximum Gasteiger partial charge on any atom is 0.260 e. The number of aromatic amines is 1. The lowest BCUT2D eigenvalue weighted by molar-refractivity contribution is 0.414. The van der Waals surface area contributed by atoms with Crippen LogP contribution in [0.15, 0.2) is 5.03 Å². The highest BCUT2D eigenvalue weighted by Gasteiger charge is 2.24. The molecule has 0 aliphatic rings. The molecule has 0 radical (unpaired) electrons. The van der Waals surface area contributed by atoms with E-state index in [1.165, 1.54) is 0 Å². The smallest absolute Gasteiger partial charge is 0.260 e. The summed E-state index contributed by atoms with van der Waals surface area (Å²) < 4.78 is 27.3. The highest BCUT2D eigenvalue weighted by Crippen LogP contribution is 2.17. The normalized spacial score (nSPS) is 13.9. The zero-order valence-electron chi connectivity index (χ0n) is 12.9. The summed E-state index contributed by atoms with van der Waals surface area (Å²) in [5.41, 5.74) is 1.49. The minimum absolute atomic E-state index is 0.104. The molecule has 7 heteroatoms. The van der Waals surface area contributed by atoms with E-state index < -0.39 is 10.0 Å². The molecule has 0 saturated heterocycles. The fourth-order valence-electron chi connectivity index (χ4n) is 1.66. The summed E-state index contributed by atoms with van der Waals surface area (Å²) in [5, 5.41) is 9.94. The van der Waals surface area contributed by atoms with Gasteiger partial charge in [-0.1, -0.05) is 27.7 Å². The Morgan fingerprint density at radius 2 is 1.95 bits per heavy atom. The Labute approximate surface area is 121 Å². The van der Waals surface area contributed by atoms with Crippen molar-refractivity contribution in [2.75, 3.05) is 13.1 Å². The molecule has 1 aromatic heterocycles. The van der Waals surface area contributed by atoms with Crippen molar-refractivity contribution in [2.24, 2.45) is 11.8 Å². The van der Waals surface area contributed by atoms with Crippen molar-refractivity contribution >= 4 is 10.0 Å². The molecule has 1 rings (SSSR count). The van der Waals surface area contributed by atoms with Gasteiger partial charge in [-0.15, -0.1) is 0 Å². The molecule has 0 aliphatic heterocycles. The maximum atomic E-state index is 12.3. The summed E-state index contributed by atoms with van der Waals surface area (Å²) in [6.07, 6.45) is 0. The van der Waals surface area contributed by atoms with Gasteiger partial charge in [-0.25, -0.2) is 13.1 Å². The van der Waals surface area contributed by atoms with Crippen LogP contribution in [-0.2, 0) is 16.6 Å². The highest BCUT2D eigenvalue weighted by atomic mass is 32.2. The van der Waals surface area contributed by atoms with Crippen LogP contribution in [0.2, 0.25) is 0 Å². The minimum atomic E-state index is -3.56. The van der Waals surface area contributed by atoms with Crippen LogP contribution in [0.3, 0.4) is 0 Å². The second kappa shape index (κ2) is 7.19. The van der Waals surface area contributed by atoms with Gasteiger partial charge in [0, 0.05) is 24.3 Å². The Bertz CT molecular complexity index is 522. The van der Waals surface area contributed by atoms with E-state index in [9.17, 15) is 8.42 Å². The fourth-order valence-corrected chi connectivity index (χ4v) is 2.99. The van der Waals surface area contributed by atoms with Crippen LogP contribution >= 0.6 is 0 Å². The molecule has 1 unspecified atom stereocenters. The van der Waals surface area contributed by atoms with Crippen molar-refractivity contribution in [3.63, 3.8) is 0 Å². The van der Waals surface area contributed by atoms with E-state index in [1.807, 2.05) is 20.8 Å². The van der Waals surface area contributed by atoms with Crippen LogP contribution in [0.5, 0.6) is 0 Å². The number of aromatic nitrogens is 2. The third-order valence-corrected chi connectivity index (χ3v) is 4.97. The molecule has 3 N–H and O–H groups in total. The first-order chi connectivity index (χ1) is 9.29. The van der Waals surface area contributed by atoms with Gasteiger partial charge in [-0.2, -0.15) is 5.10 Å². The lowest BCUT2D eigenvalue weighted by atomic mass is 9.99. The summed E-state index contributed by atoms with van der Waals surface area (Å²) in [6.45, 7) is 11.7. The Hall–Kier alpha value is -0.920. The molecule has 0 aromatic carbocycles. The van der Waals surface area contributed by atoms with E-state index >= 15 is 0 Å². The zero-order chi connectivity index (χ0) is 15.3. The zero-order valence-corrected chi connectivity index (χ0v) is 13.8. The second-order valence-corrected chi connectivity index (χ2v) is 7.17.